The Kier molecular flexibility index (Phi) is 6.80. The third-order valence-electron chi connectivity index (χ3n) is 5.40. The van der Waals surface area contributed by atoms with Crippen LogP contribution < -0.4 is 9.47 Å². The zero-order valence-corrected chi connectivity index (χ0v) is 18.6. The van der Waals surface area contributed by atoms with E-state index in [0.29, 0.717) is 30.5 Å². The lowest BCUT2D eigenvalue weighted by molar-refractivity contribution is 0.0737. The Balaban J connectivity index is 1.25. The minimum atomic E-state index is -0.532. The van der Waals surface area contributed by atoms with E-state index in [-0.39, 0.29) is 6.10 Å². The second kappa shape index (κ2) is 9.73. The minimum absolute atomic E-state index is 0.268. The number of aliphatic hydroxyl groups excluding tert-OH is 1. The number of aryl methyl sites for hydroxylation is 2. The number of aliphatic hydroxyl groups is 1. The van der Waals surface area contributed by atoms with Gasteiger partial charge in [-0.15, -0.1) is 0 Å². The Morgan fingerprint density at radius 1 is 1.06 bits per heavy atom. The second-order valence-corrected chi connectivity index (χ2v) is 8.45. The van der Waals surface area contributed by atoms with Crippen molar-refractivity contribution in [3.05, 3.63) is 76.6 Å². The lowest BCUT2D eigenvalue weighted by Gasteiger charge is -2.17. The molecule has 0 aliphatic carbocycles. The molecular formula is C24H28ClN3O3. The SMILES string of the molecule is Cc1cc(C)n(CCOc2ccc(CN3C[C@H](Oc4cccc(Cl)c4)[C@@H](O)C3)cc2)n1. The summed E-state index contributed by atoms with van der Waals surface area (Å²) in [6.07, 6.45) is -0.800. The van der Waals surface area contributed by atoms with Crippen LogP contribution in [0.25, 0.3) is 0 Å². The van der Waals surface area contributed by atoms with E-state index < -0.39 is 6.10 Å². The number of benzene rings is 2. The van der Waals surface area contributed by atoms with Gasteiger partial charge >= 0.3 is 0 Å². The van der Waals surface area contributed by atoms with E-state index in [4.69, 9.17) is 21.1 Å². The molecule has 1 aromatic heterocycles. The molecule has 0 unspecified atom stereocenters. The number of ether oxygens (including phenoxy) is 2. The average Bonchev–Trinajstić information content (AvgIpc) is 3.23. The van der Waals surface area contributed by atoms with E-state index in [2.05, 4.69) is 35.1 Å². The van der Waals surface area contributed by atoms with E-state index >= 15 is 0 Å². The van der Waals surface area contributed by atoms with Crippen LogP contribution in [0, 0.1) is 13.8 Å². The first-order valence-electron chi connectivity index (χ1n) is 10.5. The molecule has 0 amide bonds. The number of rotatable bonds is 8. The van der Waals surface area contributed by atoms with Gasteiger partial charge in [0.25, 0.3) is 0 Å². The van der Waals surface area contributed by atoms with Crippen molar-refractivity contribution in [2.24, 2.45) is 0 Å². The van der Waals surface area contributed by atoms with Gasteiger partial charge in [-0.3, -0.25) is 9.58 Å². The highest BCUT2D eigenvalue weighted by Gasteiger charge is 2.33. The zero-order chi connectivity index (χ0) is 21.8. The number of likely N-dealkylation sites (tertiary alicyclic amines) is 1. The fraction of sp³-hybridized carbons (Fsp3) is 0.375. The van der Waals surface area contributed by atoms with Crippen LogP contribution in [0.5, 0.6) is 11.5 Å². The predicted molar refractivity (Wildman–Crippen MR) is 121 cm³/mol. The number of hydrogen-bond donors (Lipinski definition) is 1. The molecule has 1 N–H and O–H groups in total. The molecule has 2 heterocycles. The molecule has 1 saturated heterocycles. The minimum Gasteiger partial charge on any atom is -0.492 e. The summed E-state index contributed by atoms with van der Waals surface area (Å²) < 4.78 is 13.8. The van der Waals surface area contributed by atoms with Crippen molar-refractivity contribution in [3.8, 4) is 11.5 Å². The monoisotopic (exact) mass is 441 g/mol. The molecule has 4 rings (SSSR count). The van der Waals surface area contributed by atoms with E-state index in [0.717, 1.165) is 30.2 Å². The second-order valence-electron chi connectivity index (χ2n) is 8.02. The lowest BCUT2D eigenvalue weighted by Crippen LogP contribution is -2.29. The van der Waals surface area contributed by atoms with Crippen LogP contribution in [-0.4, -0.2) is 51.7 Å². The van der Waals surface area contributed by atoms with Crippen LogP contribution in [0.4, 0.5) is 0 Å². The lowest BCUT2D eigenvalue weighted by atomic mass is 10.2. The van der Waals surface area contributed by atoms with Crippen LogP contribution in [-0.2, 0) is 13.1 Å². The van der Waals surface area contributed by atoms with Gasteiger partial charge in [-0.25, -0.2) is 0 Å². The van der Waals surface area contributed by atoms with E-state index in [1.165, 1.54) is 5.56 Å². The summed E-state index contributed by atoms with van der Waals surface area (Å²) in [5.41, 5.74) is 3.33. The maximum absolute atomic E-state index is 10.4. The molecular weight excluding hydrogens is 414 g/mol. The normalized spacial score (nSPS) is 19.0. The molecule has 1 aliphatic rings. The van der Waals surface area contributed by atoms with Crippen molar-refractivity contribution in [2.45, 2.75) is 39.1 Å². The molecule has 0 spiro atoms. The molecule has 7 heteroatoms. The fourth-order valence-electron chi connectivity index (χ4n) is 3.89. The van der Waals surface area contributed by atoms with E-state index in [1.807, 2.05) is 35.9 Å². The summed E-state index contributed by atoms with van der Waals surface area (Å²) in [7, 11) is 0. The molecule has 0 saturated carbocycles. The first-order valence-corrected chi connectivity index (χ1v) is 10.9. The molecule has 2 atom stereocenters. The molecule has 0 radical (unpaired) electrons. The van der Waals surface area contributed by atoms with Crippen LogP contribution >= 0.6 is 11.6 Å². The topological polar surface area (TPSA) is 59.8 Å². The standard InChI is InChI=1S/C24H28ClN3O3/c1-17-12-18(2)28(26-17)10-11-30-21-8-6-19(7-9-21)14-27-15-23(29)24(16-27)31-22-5-3-4-20(25)13-22/h3-9,12-13,23-24,29H,10-11,14-16H2,1-2H3/t23-,24-/m0/s1. The average molecular weight is 442 g/mol. The maximum Gasteiger partial charge on any atom is 0.138 e. The van der Waals surface area contributed by atoms with Gasteiger partial charge in [-0.1, -0.05) is 29.8 Å². The Morgan fingerprint density at radius 2 is 1.87 bits per heavy atom. The number of halogens is 1. The molecule has 1 aliphatic heterocycles. The van der Waals surface area contributed by atoms with Crippen molar-refractivity contribution in [1.29, 1.82) is 0 Å². The Labute approximate surface area is 188 Å². The van der Waals surface area contributed by atoms with Crippen LogP contribution in [0.3, 0.4) is 0 Å². The quantitative estimate of drug-likeness (QED) is 0.575. The fourth-order valence-corrected chi connectivity index (χ4v) is 4.07. The largest absolute Gasteiger partial charge is 0.492 e. The number of β-amino-alcohol motifs (C(OH)–C–C–N with tert-alkyl or cyclic N) is 1. The third-order valence-corrected chi connectivity index (χ3v) is 5.64. The van der Waals surface area contributed by atoms with Gasteiger partial charge in [0.05, 0.1) is 12.2 Å². The Bertz CT molecular complexity index is 1010. The van der Waals surface area contributed by atoms with Gasteiger partial charge in [-0.2, -0.15) is 5.10 Å². The smallest absolute Gasteiger partial charge is 0.138 e. The summed E-state index contributed by atoms with van der Waals surface area (Å²) in [4.78, 5) is 2.19. The van der Waals surface area contributed by atoms with Gasteiger partial charge < -0.3 is 14.6 Å². The highest BCUT2D eigenvalue weighted by Crippen LogP contribution is 2.23. The Hall–Kier alpha value is -2.54. The van der Waals surface area contributed by atoms with Crippen molar-refractivity contribution in [2.75, 3.05) is 19.7 Å². The van der Waals surface area contributed by atoms with Crippen LogP contribution in [0.15, 0.2) is 54.6 Å². The molecule has 3 aromatic rings. The summed E-state index contributed by atoms with van der Waals surface area (Å²) in [6, 6.07) is 17.4. The van der Waals surface area contributed by atoms with Crippen molar-refractivity contribution < 1.29 is 14.6 Å². The summed E-state index contributed by atoms with van der Waals surface area (Å²) in [5, 5.41) is 15.5. The number of hydrogen-bond acceptors (Lipinski definition) is 5. The molecule has 1 fully saturated rings. The van der Waals surface area contributed by atoms with Crippen molar-refractivity contribution in [1.82, 2.24) is 14.7 Å². The number of aromatic nitrogens is 2. The highest BCUT2D eigenvalue weighted by atomic mass is 35.5. The summed E-state index contributed by atoms with van der Waals surface area (Å²) >= 11 is 6.02. The summed E-state index contributed by atoms with van der Waals surface area (Å²) in [6.45, 7) is 7.32. The summed E-state index contributed by atoms with van der Waals surface area (Å²) in [5.74, 6) is 1.52. The maximum atomic E-state index is 10.4. The van der Waals surface area contributed by atoms with Gasteiger partial charge in [0.2, 0.25) is 0 Å². The van der Waals surface area contributed by atoms with Crippen LogP contribution in [0.2, 0.25) is 5.02 Å². The third kappa shape index (κ3) is 5.79. The molecule has 6 nitrogen and oxygen atoms in total. The predicted octanol–water partition coefficient (Wildman–Crippen LogP) is 3.86. The van der Waals surface area contributed by atoms with Gasteiger partial charge in [0, 0.05) is 30.4 Å². The first kappa shape index (κ1) is 21.7. The van der Waals surface area contributed by atoms with Gasteiger partial charge in [0.1, 0.15) is 30.3 Å². The van der Waals surface area contributed by atoms with Crippen molar-refractivity contribution in [3.63, 3.8) is 0 Å². The van der Waals surface area contributed by atoms with E-state index in [9.17, 15) is 5.11 Å². The Morgan fingerprint density at radius 3 is 2.58 bits per heavy atom. The van der Waals surface area contributed by atoms with Gasteiger partial charge in [-0.05, 0) is 55.8 Å². The highest BCUT2D eigenvalue weighted by molar-refractivity contribution is 6.30. The molecule has 31 heavy (non-hydrogen) atoms. The molecule has 2 aromatic carbocycles. The number of nitrogens with zero attached hydrogens (tertiary/aromatic N) is 3. The van der Waals surface area contributed by atoms with Crippen LogP contribution in [0.1, 0.15) is 17.0 Å². The molecule has 0 bridgehead atoms. The van der Waals surface area contributed by atoms with Crippen molar-refractivity contribution >= 4 is 11.6 Å². The zero-order valence-electron chi connectivity index (χ0n) is 17.9. The first-order chi connectivity index (χ1) is 15.0. The molecule has 164 valence electrons. The van der Waals surface area contributed by atoms with Gasteiger partial charge in [0.15, 0.2) is 0 Å². The van der Waals surface area contributed by atoms with E-state index in [1.54, 1.807) is 12.1 Å².